The normalized spacial score (nSPS) is 24.1. The van der Waals surface area contributed by atoms with Crippen molar-refractivity contribution >= 4 is 28.9 Å². The summed E-state index contributed by atoms with van der Waals surface area (Å²) in [5.41, 5.74) is 9.94. The molecule has 10 heteroatoms. The Hall–Kier alpha value is -4.08. The number of carbonyl (C=O) groups is 2. The molecule has 2 aromatic heterocycles. The molecule has 10 nitrogen and oxygen atoms in total. The van der Waals surface area contributed by atoms with E-state index in [4.69, 9.17) is 10.2 Å². The maximum Gasteiger partial charge on any atom is 0.273 e. The molecule has 180 valence electrons. The second-order valence-corrected chi connectivity index (χ2v) is 8.99. The quantitative estimate of drug-likeness (QED) is 0.680. The van der Waals surface area contributed by atoms with Crippen molar-refractivity contribution in [2.24, 2.45) is 10.9 Å². The number of anilines is 1. The van der Waals surface area contributed by atoms with Crippen LogP contribution in [-0.2, 0) is 4.79 Å². The number of fused-ring (bicyclic) bond motifs is 3. The smallest absolute Gasteiger partial charge is 0.273 e. The molecule has 3 N–H and O–H groups in total. The predicted molar refractivity (Wildman–Crippen MR) is 131 cm³/mol. The molecule has 2 amide bonds. The fourth-order valence-corrected chi connectivity index (χ4v) is 4.54. The monoisotopic (exact) mass is 473 g/mol. The van der Waals surface area contributed by atoms with Crippen molar-refractivity contribution in [1.29, 1.82) is 0 Å². The fourth-order valence-electron chi connectivity index (χ4n) is 4.54. The van der Waals surface area contributed by atoms with Gasteiger partial charge >= 0.3 is 0 Å². The van der Waals surface area contributed by atoms with Crippen LogP contribution < -0.4 is 11.1 Å². The SMILES string of the molecule is CC1=CN=C2/C=C\C(c3nc(C(=O)NCC4CCC(=O)N4C)c(N)nc3-c3ncco3)=C/C1CC2. The molecular weight excluding hydrogens is 446 g/mol. The lowest BCUT2D eigenvalue weighted by molar-refractivity contribution is -0.127. The Morgan fingerprint density at radius 2 is 2.09 bits per heavy atom. The summed E-state index contributed by atoms with van der Waals surface area (Å²) in [4.78, 5) is 44.6. The fraction of sp³-hybridized carbons (Fsp3) is 0.360. The zero-order valence-electron chi connectivity index (χ0n) is 19.7. The summed E-state index contributed by atoms with van der Waals surface area (Å²) in [6.45, 7) is 2.37. The minimum Gasteiger partial charge on any atom is -0.443 e. The summed E-state index contributed by atoms with van der Waals surface area (Å²) in [6, 6.07) is -0.0576. The molecule has 5 rings (SSSR count). The lowest BCUT2D eigenvalue weighted by atomic mass is 9.90. The maximum atomic E-state index is 13.1. The number of aromatic nitrogens is 3. The Kier molecular flexibility index (Phi) is 6.02. The van der Waals surface area contributed by atoms with E-state index >= 15 is 0 Å². The number of oxazole rings is 1. The van der Waals surface area contributed by atoms with Gasteiger partial charge in [-0.05, 0) is 43.4 Å². The average molecular weight is 474 g/mol. The third-order valence-electron chi connectivity index (χ3n) is 6.74. The predicted octanol–water partition coefficient (Wildman–Crippen LogP) is 2.77. The number of likely N-dealkylation sites (N-methyl/N-ethyl adjacent to an activating group) is 1. The number of aliphatic imine (C=N–C) groups is 1. The van der Waals surface area contributed by atoms with E-state index in [-0.39, 0.29) is 35.3 Å². The number of nitrogens with two attached hydrogens (primary N) is 1. The highest BCUT2D eigenvalue weighted by Crippen LogP contribution is 2.33. The van der Waals surface area contributed by atoms with E-state index in [1.807, 2.05) is 18.4 Å². The third-order valence-corrected chi connectivity index (χ3v) is 6.74. The average Bonchev–Trinajstić information content (AvgIpc) is 3.45. The van der Waals surface area contributed by atoms with Gasteiger partial charge in [-0.25, -0.2) is 15.0 Å². The van der Waals surface area contributed by atoms with Crippen LogP contribution in [0.15, 0.2) is 51.9 Å². The first-order chi connectivity index (χ1) is 16.9. The number of carbonyl (C=O) groups excluding carboxylic acids is 2. The molecule has 0 radical (unpaired) electrons. The minimum atomic E-state index is -0.447. The van der Waals surface area contributed by atoms with Gasteiger partial charge in [0.05, 0.1) is 6.20 Å². The summed E-state index contributed by atoms with van der Waals surface area (Å²) < 4.78 is 5.51. The van der Waals surface area contributed by atoms with E-state index in [2.05, 4.69) is 38.3 Å². The lowest BCUT2D eigenvalue weighted by Gasteiger charge is -2.20. The van der Waals surface area contributed by atoms with Crippen molar-refractivity contribution in [2.45, 2.75) is 38.6 Å². The van der Waals surface area contributed by atoms with Crippen LogP contribution in [0.25, 0.3) is 17.2 Å². The molecule has 3 aliphatic rings. The van der Waals surface area contributed by atoms with Crippen molar-refractivity contribution in [3.63, 3.8) is 0 Å². The molecule has 2 aliphatic heterocycles. The highest BCUT2D eigenvalue weighted by molar-refractivity contribution is 6.00. The van der Waals surface area contributed by atoms with Crippen LogP contribution in [-0.4, -0.2) is 57.0 Å². The van der Waals surface area contributed by atoms with Crippen molar-refractivity contribution < 1.29 is 14.0 Å². The van der Waals surface area contributed by atoms with Gasteiger partial charge in [0, 0.05) is 43.9 Å². The molecule has 0 saturated carbocycles. The highest BCUT2D eigenvalue weighted by Gasteiger charge is 2.29. The zero-order chi connectivity index (χ0) is 24.5. The molecule has 2 atom stereocenters. The second-order valence-electron chi connectivity index (χ2n) is 8.99. The van der Waals surface area contributed by atoms with Crippen LogP contribution >= 0.6 is 0 Å². The third kappa shape index (κ3) is 4.51. The Morgan fingerprint density at radius 1 is 1.23 bits per heavy atom. The standard InChI is InChI=1S/C25H27N7O3/c1-14-12-28-17-5-3-15(14)11-16(4-6-17)20-21(25-27-9-10-35-25)31-23(26)22(30-20)24(34)29-13-18-7-8-19(33)32(18)2/h4,6,9-12,15,18H,3,5,7-8,13H2,1-2H3,(H2,26,31)(H,29,34)/b6-4-,16-11+. The van der Waals surface area contributed by atoms with Crippen LogP contribution in [0, 0.1) is 5.92 Å². The van der Waals surface area contributed by atoms with E-state index in [9.17, 15) is 9.59 Å². The van der Waals surface area contributed by atoms with Crippen molar-refractivity contribution in [3.8, 4) is 11.6 Å². The van der Waals surface area contributed by atoms with E-state index in [1.54, 1.807) is 11.9 Å². The number of hydrogen-bond acceptors (Lipinski definition) is 8. The molecule has 1 fully saturated rings. The minimum absolute atomic E-state index is 0.0196. The lowest BCUT2D eigenvalue weighted by Crippen LogP contribution is -2.40. The summed E-state index contributed by atoms with van der Waals surface area (Å²) in [7, 11) is 1.74. The first-order valence-electron chi connectivity index (χ1n) is 11.7. The van der Waals surface area contributed by atoms with Crippen molar-refractivity contribution in [3.05, 3.63) is 53.8 Å². The largest absolute Gasteiger partial charge is 0.443 e. The second kappa shape index (κ2) is 9.28. The molecule has 2 aromatic rings. The van der Waals surface area contributed by atoms with Gasteiger partial charge in [0.15, 0.2) is 17.2 Å². The van der Waals surface area contributed by atoms with Crippen LogP contribution in [0.2, 0.25) is 0 Å². The van der Waals surface area contributed by atoms with Gasteiger partial charge in [-0.15, -0.1) is 0 Å². The van der Waals surface area contributed by atoms with Gasteiger partial charge in [0.2, 0.25) is 11.8 Å². The van der Waals surface area contributed by atoms with Crippen molar-refractivity contribution in [2.75, 3.05) is 19.3 Å². The van der Waals surface area contributed by atoms with Crippen LogP contribution in [0.3, 0.4) is 0 Å². The Balaban J connectivity index is 1.53. The van der Waals surface area contributed by atoms with Gasteiger partial charge in [0.1, 0.15) is 12.0 Å². The Morgan fingerprint density at radius 3 is 2.83 bits per heavy atom. The molecule has 0 spiro atoms. The van der Waals surface area contributed by atoms with E-state index in [1.165, 1.54) is 12.5 Å². The summed E-state index contributed by atoms with van der Waals surface area (Å²) in [5.74, 6) is 0.0349. The number of nitrogen functional groups attached to an aromatic ring is 1. The number of rotatable bonds is 5. The maximum absolute atomic E-state index is 13.1. The molecule has 2 unspecified atom stereocenters. The van der Waals surface area contributed by atoms with Gasteiger partial charge < -0.3 is 20.4 Å². The molecule has 1 saturated heterocycles. The molecule has 35 heavy (non-hydrogen) atoms. The number of allylic oxidation sites excluding steroid dienone is 5. The highest BCUT2D eigenvalue weighted by atomic mass is 16.3. The summed E-state index contributed by atoms with van der Waals surface area (Å²) in [5, 5.41) is 2.86. The van der Waals surface area contributed by atoms with Crippen LogP contribution in [0.1, 0.15) is 48.8 Å². The van der Waals surface area contributed by atoms with Gasteiger partial charge in [-0.3, -0.25) is 14.6 Å². The van der Waals surface area contributed by atoms with Crippen LogP contribution in [0.5, 0.6) is 0 Å². The van der Waals surface area contributed by atoms with Gasteiger partial charge in [-0.1, -0.05) is 12.2 Å². The van der Waals surface area contributed by atoms with E-state index < -0.39 is 5.91 Å². The molecular formula is C25H27N7O3. The molecule has 2 bridgehead atoms. The molecule has 4 heterocycles. The number of hydrogen-bond donors (Lipinski definition) is 2. The van der Waals surface area contributed by atoms with Gasteiger partial charge in [-0.2, -0.15) is 0 Å². The Bertz CT molecular complexity index is 1290. The summed E-state index contributed by atoms with van der Waals surface area (Å²) in [6.07, 6.45) is 13.9. The molecule has 0 aromatic carbocycles. The first kappa shape index (κ1) is 22.7. The van der Waals surface area contributed by atoms with Crippen molar-refractivity contribution in [1.82, 2.24) is 25.2 Å². The van der Waals surface area contributed by atoms with Crippen LogP contribution in [0.4, 0.5) is 5.82 Å². The van der Waals surface area contributed by atoms with E-state index in [0.717, 1.165) is 29.7 Å². The van der Waals surface area contributed by atoms with Gasteiger partial charge in [0.25, 0.3) is 5.91 Å². The summed E-state index contributed by atoms with van der Waals surface area (Å²) >= 11 is 0. The number of nitrogens with zero attached hydrogens (tertiary/aromatic N) is 5. The number of nitrogens with one attached hydrogen (secondary N) is 1. The number of likely N-dealkylation sites (tertiary alicyclic amines) is 1. The zero-order valence-corrected chi connectivity index (χ0v) is 19.7. The number of amides is 2. The topological polar surface area (TPSA) is 140 Å². The Labute approximate surface area is 202 Å². The molecule has 1 aliphatic carbocycles. The first-order valence-corrected chi connectivity index (χ1v) is 11.7. The van der Waals surface area contributed by atoms with E-state index in [0.29, 0.717) is 30.8 Å².